The topological polar surface area (TPSA) is 41.1 Å². The van der Waals surface area contributed by atoms with Gasteiger partial charge < -0.3 is 10.6 Å². The van der Waals surface area contributed by atoms with Crippen molar-refractivity contribution in [3.8, 4) is 0 Å². The molecule has 0 bridgehead atoms. The van der Waals surface area contributed by atoms with Gasteiger partial charge in [-0.25, -0.2) is 0 Å². The van der Waals surface area contributed by atoms with Crippen molar-refractivity contribution < 1.29 is 4.79 Å². The van der Waals surface area contributed by atoms with Gasteiger partial charge in [-0.3, -0.25) is 4.79 Å². The minimum absolute atomic E-state index is 0.0155. The van der Waals surface area contributed by atoms with Crippen molar-refractivity contribution >= 4 is 5.91 Å². The molecule has 0 fully saturated rings. The van der Waals surface area contributed by atoms with Crippen LogP contribution in [0.5, 0.6) is 0 Å². The Balaban J connectivity index is 3.16. The molecular weight excluding hydrogens is 128 g/mol. The molecule has 0 heterocycles. The molecule has 2 N–H and O–H groups in total. The summed E-state index contributed by atoms with van der Waals surface area (Å²) in [5.74, 6) is 0.0155. The Morgan fingerprint density at radius 1 is 1.70 bits per heavy atom. The normalized spacial score (nSPS) is 8.90. The highest BCUT2D eigenvalue weighted by Crippen LogP contribution is 1.64. The number of nitrogens with one attached hydrogen (secondary N) is 2. The molecule has 0 aliphatic rings. The van der Waals surface area contributed by atoms with E-state index in [1.807, 2.05) is 6.92 Å². The summed E-state index contributed by atoms with van der Waals surface area (Å²) >= 11 is 0. The molecule has 0 atom stereocenters. The van der Waals surface area contributed by atoms with Gasteiger partial charge in [-0.05, 0) is 6.54 Å². The zero-order valence-electron chi connectivity index (χ0n) is 6.31. The lowest BCUT2D eigenvalue weighted by Crippen LogP contribution is -2.33. The first-order chi connectivity index (χ1) is 4.81. The molecule has 1 amide bonds. The summed E-state index contributed by atoms with van der Waals surface area (Å²) in [6, 6.07) is 0. The van der Waals surface area contributed by atoms with Crippen LogP contribution in [-0.2, 0) is 4.79 Å². The van der Waals surface area contributed by atoms with E-state index in [1.165, 1.54) is 0 Å². The summed E-state index contributed by atoms with van der Waals surface area (Å²) in [4.78, 5) is 10.7. The highest BCUT2D eigenvalue weighted by Gasteiger charge is 1.94. The second-order valence-corrected chi connectivity index (χ2v) is 1.87. The van der Waals surface area contributed by atoms with E-state index in [9.17, 15) is 4.79 Å². The van der Waals surface area contributed by atoms with Gasteiger partial charge in [0, 0.05) is 6.54 Å². The van der Waals surface area contributed by atoms with Crippen LogP contribution in [0.15, 0.2) is 12.7 Å². The van der Waals surface area contributed by atoms with Crippen LogP contribution in [0.3, 0.4) is 0 Å². The number of likely N-dealkylation sites (N-methyl/N-ethyl adjacent to an activating group) is 1. The molecule has 3 nitrogen and oxygen atoms in total. The van der Waals surface area contributed by atoms with E-state index in [2.05, 4.69) is 17.2 Å². The van der Waals surface area contributed by atoms with Crippen LogP contribution in [0, 0.1) is 0 Å². The van der Waals surface area contributed by atoms with Crippen LogP contribution in [0.4, 0.5) is 0 Å². The average Bonchev–Trinajstić information content (AvgIpc) is 1.97. The maximum atomic E-state index is 10.7. The number of amides is 1. The predicted octanol–water partition coefficient (Wildman–Crippen LogP) is -0.102. The average molecular weight is 142 g/mol. The molecule has 0 aromatic carbocycles. The largest absolute Gasteiger partial charge is 0.352 e. The van der Waals surface area contributed by atoms with Crippen molar-refractivity contribution in [3.05, 3.63) is 12.7 Å². The molecule has 0 aliphatic carbocycles. The number of hydrogen-bond acceptors (Lipinski definition) is 2. The fraction of sp³-hybridized carbons (Fsp3) is 0.571. The van der Waals surface area contributed by atoms with Gasteiger partial charge in [0.05, 0.1) is 6.54 Å². The van der Waals surface area contributed by atoms with Crippen molar-refractivity contribution in [2.75, 3.05) is 19.6 Å². The van der Waals surface area contributed by atoms with Gasteiger partial charge in [-0.1, -0.05) is 13.0 Å². The molecule has 58 valence electrons. The molecule has 0 aromatic rings. The fourth-order valence-corrected chi connectivity index (χ4v) is 0.487. The molecular formula is C7H14N2O. The van der Waals surface area contributed by atoms with Gasteiger partial charge in [0.25, 0.3) is 0 Å². The molecule has 10 heavy (non-hydrogen) atoms. The first-order valence-corrected chi connectivity index (χ1v) is 3.39. The molecule has 0 rings (SSSR count). The van der Waals surface area contributed by atoms with E-state index in [-0.39, 0.29) is 5.91 Å². The fourth-order valence-electron chi connectivity index (χ4n) is 0.487. The lowest BCUT2D eigenvalue weighted by molar-refractivity contribution is -0.120. The Morgan fingerprint density at radius 3 is 2.90 bits per heavy atom. The van der Waals surface area contributed by atoms with Crippen molar-refractivity contribution in [2.24, 2.45) is 0 Å². The Kier molecular flexibility index (Phi) is 5.77. The molecule has 0 saturated carbocycles. The van der Waals surface area contributed by atoms with Crippen LogP contribution in [0.1, 0.15) is 6.92 Å². The quantitative estimate of drug-likeness (QED) is 0.526. The zero-order valence-corrected chi connectivity index (χ0v) is 6.31. The monoisotopic (exact) mass is 142 g/mol. The van der Waals surface area contributed by atoms with Crippen LogP contribution in [-0.4, -0.2) is 25.5 Å². The van der Waals surface area contributed by atoms with Gasteiger partial charge in [0.15, 0.2) is 0 Å². The lowest BCUT2D eigenvalue weighted by Gasteiger charge is -2.00. The summed E-state index contributed by atoms with van der Waals surface area (Å²) in [6.45, 7) is 7.20. The van der Waals surface area contributed by atoms with E-state index in [4.69, 9.17) is 0 Å². The van der Waals surface area contributed by atoms with Crippen LogP contribution in [0.25, 0.3) is 0 Å². The van der Waals surface area contributed by atoms with Crippen molar-refractivity contribution in [2.45, 2.75) is 6.92 Å². The first kappa shape index (κ1) is 9.17. The van der Waals surface area contributed by atoms with Crippen molar-refractivity contribution in [1.29, 1.82) is 0 Å². The second-order valence-electron chi connectivity index (χ2n) is 1.87. The molecule has 0 spiro atoms. The third-order valence-electron chi connectivity index (χ3n) is 0.979. The minimum atomic E-state index is 0.0155. The predicted molar refractivity (Wildman–Crippen MR) is 41.8 cm³/mol. The Hall–Kier alpha value is -0.830. The zero-order chi connectivity index (χ0) is 7.82. The number of hydrogen-bond donors (Lipinski definition) is 2. The summed E-state index contributed by atoms with van der Waals surface area (Å²) in [5, 5.41) is 5.56. The van der Waals surface area contributed by atoms with Gasteiger partial charge in [0.2, 0.25) is 5.91 Å². The Labute approximate surface area is 61.5 Å². The lowest BCUT2D eigenvalue weighted by atomic mass is 10.5. The van der Waals surface area contributed by atoms with Crippen molar-refractivity contribution in [1.82, 2.24) is 10.6 Å². The van der Waals surface area contributed by atoms with E-state index in [0.717, 1.165) is 6.54 Å². The van der Waals surface area contributed by atoms with Gasteiger partial charge in [-0.2, -0.15) is 0 Å². The third kappa shape index (κ3) is 5.31. The Morgan fingerprint density at radius 2 is 2.40 bits per heavy atom. The standard InChI is InChI=1S/C7H14N2O/c1-3-5-9-7(10)6-8-4-2/h3,8H,1,4-6H2,2H3,(H,9,10). The molecule has 0 aliphatic heterocycles. The van der Waals surface area contributed by atoms with Crippen LogP contribution >= 0.6 is 0 Å². The van der Waals surface area contributed by atoms with Crippen LogP contribution < -0.4 is 10.6 Å². The molecule has 0 saturated heterocycles. The minimum Gasteiger partial charge on any atom is -0.352 e. The first-order valence-electron chi connectivity index (χ1n) is 3.39. The highest BCUT2D eigenvalue weighted by molar-refractivity contribution is 5.78. The summed E-state index contributed by atoms with van der Waals surface area (Å²) in [7, 11) is 0. The van der Waals surface area contributed by atoms with Gasteiger partial charge in [0.1, 0.15) is 0 Å². The molecule has 0 aromatic heterocycles. The smallest absolute Gasteiger partial charge is 0.234 e. The number of carbonyl (C=O) groups is 1. The third-order valence-corrected chi connectivity index (χ3v) is 0.979. The summed E-state index contributed by atoms with van der Waals surface area (Å²) < 4.78 is 0. The van der Waals surface area contributed by atoms with E-state index >= 15 is 0 Å². The van der Waals surface area contributed by atoms with E-state index in [0.29, 0.717) is 13.1 Å². The number of rotatable bonds is 5. The Bertz CT molecular complexity index is 112. The van der Waals surface area contributed by atoms with Gasteiger partial charge >= 0.3 is 0 Å². The van der Waals surface area contributed by atoms with Gasteiger partial charge in [-0.15, -0.1) is 6.58 Å². The molecule has 3 heteroatoms. The van der Waals surface area contributed by atoms with Crippen LogP contribution in [0.2, 0.25) is 0 Å². The summed E-state index contributed by atoms with van der Waals surface area (Å²) in [6.07, 6.45) is 1.66. The molecule has 0 radical (unpaired) electrons. The van der Waals surface area contributed by atoms with E-state index < -0.39 is 0 Å². The summed E-state index contributed by atoms with van der Waals surface area (Å²) in [5.41, 5.74) is 0. The maximum absolute atomic E-state index is 10.7. The SMILES string of the molecule is C=CCNC(=O)CNCC. The highest BCUT2D eigenvalue weighted by atomic mass is 16.1. The maximum Gasteiger partial charge on any atom is 0.234 e. The number of carbonyl (C=O) groups excluding carboxylic acids is 1. The van der Waals surface area contributed by atoms with Crippen molar-refractivity contribution in [3.63, 3.8) is 0 Å². The molecule has 0 unspecified atom stereocenters. The second kappa shape index (κ2) is 6.29. The van der Waals surface area contributed by atoms with E-state index in [1.54, 1.807) is 6.08 Å².